The maximum absolute atomic E-state index is 12.4. The molecular weight excluding hydrogens is 747 g/mol. The van der Waals surface area contributed by atoms with Gasteiger partial charge in [-0.25, -0.2) is 0 Å². The summed E-state index contributed by atoms with van der Waals surface area (Å²) in [6, 6.07) is -0.664. The summed E-state index contributed by atoms with van der Waals surface area (Å²) in [7, 11) is 0. The largest absolute Gasteiger partial charge is 0.394 e. The molecule has 0 aromatic carbocycles. The molecule has 340 valence electrons. The highest BCUT2D eigenvalue weighted by molar-refractivity contribution is 5.76. The molecule has 2 unspecified atom stereocenters. The van der Waals surface area contributed by atoms with Crippen molar-refractivity contribution in [3.8, 4) is 0 Å². The Labute approximate surface area is 376 Å². The average molecular weight is 836 g/mol. The van der Waals surface area contributed by atoms with E-state index < -0.39 is 12.1 Å². The molecule has 0 saturated heterocycles. The molecule has 0 rings (SSSR count). The van der Waals surface area contributed by atoms with Crippen LogP contribution in [0.25, 0.3) is 0 Å². The molecule has 0 heterocycles. The van der Waals surface area contributed by atoms with Gasteiger partial charge in [-0.1, -0.05) is 210 Å². The summed E-state index contributed by atoms with van der Waals surface area (Å²) in [6.07, 6.45) is 82.2. The van der Waals surface area contributed by atoms with Crippen molar-refractivity contribution in [3.05, 3.63) is 158 Å². The summed E-state index contributed by atoms with van der Waals surface area (Å²) in [4.78, 5) is 12.4. The van der Waals surface area contributed by atoms with E-state index in [1.54, 1.807) is 6.08 Å². The quantitative estimate of drug-likeness (QED) is 0.0424. The van der Waals surface area contributed by atoms with Gasteiger partial charge in [0, 0.05) is 6.42 Å². The van der Waals surface area contributed by atoms with Crippen LogP contribution in [0.2, 0.25) is 0 Å². The van der Waals surface area contributed by atoms with Crippen LogP contribution < -0.4 is 5.32 Å². The Morgan fingerprint density at radius 2 is 0.738 bits per heavy atom. The minimum absolute atomic E-state index is 0.103. The third kappa shape index (κ3) is 46.9. The van der Waals surface area contributed by atoms with Crippen LogP contribution in [0, 0.1) is 0 Å². The lowest BCUT2D eigenvalue weighted by Gasteiger charge is -2.19. The normalized spacial score (nSPS) is 14.4. The molecule has 0 saturated carbocycles. The Morgan fingerprint density at radius 1 is 0.410 bits per heavy atom. The van der Waals surface area contributed by atoms with E-state index in [4.69, 9.17) is 0 Å². The molecule has 61 heavy (non-hydrogen) atoms. The van der Waals surface area contributed by atoms with Crippen LogP contribution in [0.15, 0.2) is 158 Å². The summed E-state index contributed by atoms with van der Waals surface area (Å²) >= 11 is 0. The summed E-state index contributed by atoms with van der Waals surface area (Å²) < 4.78 is 0. The van der Waals surface area contributed by atoms with Crippen molar-refractivity contribution in [1.82, 2.24) is 5.32 Å². The van der Waals surface area contributed by atoms with Crippen LogP contribution in [0.3, 0.4) is 0 Å². The molecule has 0 aliphatic carbocycles. The number of rotatable bonds is 41. The van der Waals surface area contributed by atoms with Crippen molar-refractivity contribution in [2.75, 3.05) is 6.61 Å². The summed E-state index contributed by atoms with van der Waals surface area (Å²) in [6.45, 7) is 4.10. The topological polar surface area (TPSA) is 69.6 Å². The molecule has 0 aliphatic heterocycles. The number of carbonyl (C=O) groups is 1. The zero-order valence-electron chi connectivity index (χ0n) is 38.9. The minimum atomic E-state index is -0.886. The van der Waals surface area contributed by atoms with Crippen LogP contribution in [-0.2, 0) is 4.79 Å². The van der Waals surface area contributed by atoms with Crippen LogP contribution in [0.4, 0.5) is 0 Å². The lowest BCUT2D eigenvalue weighted by Crippen LogP contribution is -2.45. The van der Waals surface area contributed by atoms with E-state index >= 15 is 0 Å². The van der Waals surface area contributed by atoms with Crippen molar-refractivity contribution in [2.24, 2.45) is 0 Å². The number of nitrogens with one attached hydrogen (secondary N) is 1. The second-order valence-corrected chi connectivity index (χ2v) is 15.4. The Hall–Kier alpha value is -3.99. The zero-order chi connectivity index (χ0) is 44.2. The van der Waals surface area contributed by atoms with Gasteiger partial charge in [-0.05, 0) is 116 Å². The number of hydrogen-bond donors (Lipinski definition) is 3. The van der Waals surface area contributed by atoms with E-state index in [0.717, 1.165) is 116 Å². The smallest absolute Gasteiger partial charge is 0.220 e. The number of aliphatic hydroxyl groups is 2. The molecular formula is C57H89NO3. The van der Waals surface area contributed by atoms with Crippen LogP contribution in [0.1, 0.15) is 174 Å². The predicted molar refractivity (Wildman–Crippen MR) is 271 cm³/mol. The second-order valence-electron chi connectivity index (χ2n) is 15.4. The van der Waals surface area contributed by atoms with E-state index in [1.165, 1.54) is 38.5 Å². The second kappa shape index (κ2) is 50.4. The third-order valence-electron chi connectivity index (χ3n) is 9.72. The molecule has 0 bridgehead atoms. The first-order chi connectivity index (χ1) is 30.2. The minimum Gasteiger partial charge on any atom is -0.394 e. The number of hydrogen-bond acceptors (Lipinski definition) is 3. The summed E-state index contributed by atoms with van der Waals surface area (Å²) in [5.41, 5.74) is 0. The Balaban J connectivity index is 3.72. The van der Waals surface area contributed by atoms with Gasteiger partial charge in [0.25, 0.3) is 0 Å². The summed E-state index contributed by atoms with van der Waals surface area (Å²) in [5.74, 6) is -0.103. The highest BCUT2D eigenvalue weighted by atomic mass is 16.3. The van der Waals surface area contributed by atoms with Gasteiger partial charge in [-0.15, -0.1) is 0 Å². The van der Waals surface area contributed by atoms with E-state index in [2.05, 4.69) is 165 Å². The van der Waals surface area contributed by atoms with E-state index in [1.807, 2.05) is 6.08 Å². The fourth-order valence-corrected chi connectivity index (χ4v) is 6.04. The fraction of sp³-hybridized carbons (Fsp3) is 0.526. The molecule has 0 aromatic heterocycles. The molecule has 0 radical (unpaired) electrons. The molecule has 0 fully saturated rings. The molecule has 4 nitrogen and oxygen atoms in total. The van der Waals surface area contributed by atoms with Crippen molar-refractivity contribution in [1.29, 1.82) is 0 Å². The van der Waals surface area contributed by atoms with Gasteiger partial charge in [0.2, 0.25) is 5.91 Å². The predicted octanol–water partition coefficient (Wildman–Crippen LogP) is 15.8. The van der Waals surface area contributed by atoms with Gasteiger partial charge in [0.1, 0.15) is 0 Å². The number of amides is 1. The highest BCUT2D eigenvalue weighted by Gasteiger charge is 2.17. The molecule has 0 aliphatic rings. The number of unbranched alkanes of at least 4 members (excludes halogenated alkanes) is 10. The molecule has 2 atom stereocenters. The summed E-state index contributed by atoms with van der Waals surface area (Å²) in [5, 5.41) is 22.9. The Kier molecular flexibility index (Phi) is 47.1. The van der Waals surface area contributed by atoms with Gasteiger partial charge >= 0.3 is 0 Å². The maximum Gasteiger partial charge on any atom is 0.220 e. The van der Waals surface area contributed by atoms with Crippen molar-refractivity contribution < 1.29 is 15.0 Å². The zero-order valence-corrected chi connectivity index (χ0v) is 38.9. The molecule has 0 aromatic rings. The first kappa shape index (κ1) is 57.0. The SMILES string of the molecule is CC/C=C\C/C=C\C/C=C\C/C=C\C/C=C\C/C=C\C/C=C\C/C=C\C/C=C\C/C=C\CCCCCCCCC(=O)NC(CO)C(O)/C=C/CC/C=C/CC/C=C/CCCC. The molecule has 0 spiro atoms. The monoisotopic (exact) mass is 836 g/mol. The van der Waals surface area contributed by atoms with Crippen molar-refractivity contribution in [2.45, 2.75) is 187 Å². The van der Waals surface area contributed by atoms with Gasteiger partial charge in [-0.3, -0.25) is 4.79 Å². The van der Waals surface area contributed by atoms with Crippen molar-refractivity contribution in [3.63, 3.8) is 0 Å². The maximum atomic E-state index is 12.4. The first-order valence-electron chi connectivity index (χ1n) is 24.2. The third-order valence-corrected chi connectivity index (χ3v) is 9.72. The lowest BCUT2D eigenvalue weighted by atomic mass is 10.1. The average Bonchev–Trinajstić information content (AvgIpc) is 3.26. The van der Waals surface area contributed by atoms with Gasteiger partial charge in [-0.2, -0.15) is 0 Å². The van der Waals surface area contributed by atoms with E-state index in [0.29, 0.717) is 6.42 Å². The van der Waals surface area contributed by atoms with Crippen LogP contribution in [0.5, 0.6) is 0 Å². The van der Waals surface area contributed by atoms with Crippen molar-refractivity contribution >= 4 is 5.91 Å². The number of allylic oxidation sites excluding steroid dienone is 25. The van der Waals surface area contributed by atoms with E-state index in [-0.39, 0.29) is 12.5 Å². The standard InChI is InChI=1S/C57H89NO3/c1-3-5-7-9-11-13-15-17-18-19-20-21-22-23-24-25-26-27-28-29-30-31-32-33-34-35-36-37-38-39-40-41-43-45-47-49-51-53-57(61)58-55(54-59)56(60)52-50-48-46-44-42-16-14-12-10-8-6-4-2/h5,7,10-13,17-18,20-21,23-24,26-27,29-30,32-33,35-36,38-39,42,44,50,52,55-56,59-60H,3-4,6,8-9,14-16,19,22,25,28,31,34,37,40-41,43,45-49,51,53-54H2,1-2H3,(H,58,61)/b7-5-,12-10+,13-11-,18-17-,21-20-,24-23-,27-26-,30-29-,33-32-,36-35-,39-38-,44-42+,52-50+. The molecule has 4 heteroatoms. The number of carbonyl (C=O) groups excluding carboxylic acids is 1. The number of aliphatic hydroxyl groups excluding tert-OH is 2. The molecule has 3 N–H and O–H groups in total. The lowest BCUT2D eigenvalue weighted by molar-refractivity contribution is -0.123. The molecule has 1 amide bonds. The Morgan fingerprint density at radius 3 is 1.15 bits per heavy atom. The fourth-order valence-electron chi connectivity index (χ4n) is 6.04. The van der Waals surface area contributed by atoms with Crippen LogP contribution >= 0.6 is 0 Å². The van der Waals surface area contributed by atoms with Crippen LogP contribution in [-0.4, -0.2) is 34.9 Å². The van der Waals surface area contributed by atoms with Gasteiger partial charge in [0.05, 0.1) is 18.8 Å². The first-order valence-corrected chi connectivity index (χ1v) is 24.2. The highest BCUT2D eigenvalue weighted by Crippen LogP contribution is 2.10. The van der Waals surface area contributed by atoms with Gasteiger partial charge < -0.3 is 15.5 Å². The Bertz CT molecular complexity index is 1360. The van der Waals surface area contributed by atoms with E-state index in [9.17, 15) is 15.0 Å². The van der Waals surface area contributed by atoms with Gasteiger partial charge in [0.15, 0.2) is 0 Å².